The SMILES string of the molecule is Cc1c(-c2cc(=O)oc3ccccc23)cc(F)c(F)c1F. The highest BCUT2D eigenvalue weighted by atomic mass is 19.2. The second-order valence-corrected chi connectivity index (χ2v) is 4.63. The van der Waals surface area contributed by atoms with Crippen LogP contribution in [0.5, 0.6) is 0 Å². The monoisotopic (exact) mass is 290 g/mol. The van der Waals surface area contributed by atoms with Gasteiger partial charge < -0.3 is 4.42 Å². The Morgan fingerprint density at radius 2 is 1.67 bits per heavy atom. The Morgan fingerprint density at radius 3 is 2.43 bits per heavy atom. The van der Waals surface area contributed by atoms with E-state index >= 15 is 0 Å². The quantitative estimate of drug-likeness (QED) is 0.497. The van der Waals surface area contributed by atoms with Gasteiger partial charge in [0, 0.05) is 17.0 Å². The standard InChI is InChI=1S/C16H9F3O2/c1-8-10(6-12(17)16(19)15(8)18)11-7-14(20)21-13-5-3-2-4-9(11)13/h2-7H,1H3. The first-order chi connectivity index (χ1) is 9.99. The Kier molecular flexibility index (Phi) is 3.05. The van der Waals surface area contributed by atoms with Gasteiger partial charge in [-0.15, -0.1) is 0 Å². The van der Waals surface area contributed by atoms with E-state index < -0.39 is 23.1 Å². The number of hydrogen-bond donors (Lipinski definition) is 0. The molecule has 0 atom stereocenters. The Hall–Kier alpha value is -2.56. The Labute approximate surface area is 117 Å². The minimum atomic E-state index is -1.52. The summed E-state index contributed by atoms with van der Waals surface area (Å²) >= 11 is 0. The van der Waals surface area contributed by atoms with Crippen LogP contribution < -0.4 is 5.63 Å². The lowest BCUT2D eigenvalue weighted by molar-refractivity contribution is 0.444. The molecule has 106 valence electrons. The fourth-order valence-corrected chi connectivity index (χ4v) is 2.30. The van der Waals surface area contributed by atoms with Crippen molar-refractivity contribution >= 4 is 11.0 Å². The number of fused-ring (bicyclic) bond motifs is 1. The van der Waals surface area contributed by atoms with Crippen molar-refractivity contribution in [1.29, 1.82) is 0 Å². The Morgan fingerprint density at radius 1 is 0.952 bits per heavy atom. The molecule has 0 N–H and O–H groups in total. The van der Waals surface area contributed by atoms with E-state index in [4.69, 9.17) is 4.42 Å². The van der Waals surface area contributed by atoms with Crippen molar-refractivity contribution in [2.24, 2.45) is 0 Å². The predicted molar refractivity (Wildman–Crippen MR) is 72.5 cm³/mol. The summed E-state index contributed by atoms with van der Waals surface area (Å²) in [5, 5.41) is 0.519. The third-order valence-corrected chi connectivity index (χ3v) is 3.35. The summed E-state index contributed by atoms with van der Waals surface area (Å²) in [6.45, 7) is 1.33. The molecule has 0 bridgehead atoms. The summed E-state index contributed by atoms with van der Waals surface area (Å²) in [6, 6.07) is 8.64. The zero-order chi connectivity index (χ0) is 15.1. The average molecular weight is 290 g/mol. The molecule has 1 heterocycles. The lowest BCUT2D eigenvalue weighted by Crippen LogP contribution is -2.02. The van der Waals surface area contributed by atoms with Crippen LogP contribution in [0.15, 0.2) is 45.6 Å². The largest absolute Gasteiger partial charge is 0.423 e. The van der Waals surface area contributed by atoms with Crippen LogP contribution in [0, 0.1) is 24.4 Å². The van der Waals surface area contributed by atoms with Gasteiger partial charge in [-0.25, -0.2) is 18.0 Å². The van der Waals surface area contributed by atoms with Crippen LogP contribution in [-0.2, 0) is 0 Å². The molecule has 2 nitrogen and oxygen atoms in total. The first kappa shape index (κ1) is 13.4. The predicted octanol–water partition coefficient (Wildman–Crippen LogP) is 4.19. The molecule has 0 saturated carbocycles. The summed E-state index contributed by atoms with van der Waals surface area (Å²) in [5.74, 6) is -4.09. The van der Waals surface area contributed by atoms with Crippen LogP contribution in [0.4, 0.5) is 13.2 Å². The Bertz CT molecular complexity index is 913. The molecule has 0 aliphatic heterocycles. The van der Waals surface area contributed by atoms with Gasteiger partial charge in [0.25, 0.3) is 0 Å². The number of halogens is 3. The third kappa shape index (κ3) is 2.11. The summed E-state index contributed by atoms with van der Waals surface area (Å²) in [4.78, 5) is 11.6. The third-order valence-electron chi connectivity index (χ3n) is 3.35. The van der Waals surface area contributed by atoms with Crippen LogP contribution in [0.25, 0.3) is 22.1 Å². The van der Waals surface area contributed by atoms with E-state index in [1.165, 1.54) is 6.92 Å². The maximum absolute atomic E-state index is 13.7. The number of rotatable bonds is 1. The zero-order valence-electron chi connectivity index (χ0n) is 10.9. The number of para-hydroxylation sites is 1. The van der Waals surface area contributed by atoms with Crippen LogP contribution in [0.3, 0.4) is 0 Å². The molecular weight excluding hydrogens is 281 g/mol. The van der Waals surface area contributed by atoms with Gasteiger partial charge in [0.1, 0.15) is 5.58 Å². The molecule has 0 aliphatic rings. The van der Waals surface area contributed by atoms with E-state index in [1.807, 2.05) is 0 Å². The van der Waals surface area contributed by atoms with Gasteiger partial charge >= 0.3 is 5.63 Å². The van der Waals surface area contributed by atoms with Gasteiger partial charge in [0.05, 0.1) is 0 Å². The van der Waals surface area contributed by atoms with Crippen molar-refractivity contribution in [2.45, 2.75) is 6.92 Å². The maximum Gasteiger partial charge on any atom is 0.336 e. The minimum absolute atomic E-state index is 0.0651. The van der Waals surface area contributed by atoms with Crippen molar-refractivity contribution in [1.82, 2.24) is 0 Å². The van der Waals surface area contributed by atoms with Gasteiger partial charge in [-0.2, -0.15) is 0 Å². The topological polar surface area (TPSA) is 30.2 Å². The van der Waals surface area contributed by atoms with Gasteiger partial charge in [-0.3, -0.25) is 0 Å². The summed E-state index contributed by atoms with van der Waals surface area (Å²) in [5.41, 5.74) is 0.00934. The van der Waals surface area contributed by atoms with E-state index in [0.717, 1.165) is 12.1 Å². The van der Waals surface area contributed by atoms with E-state index in [0.29, 0.717) is 16.5 Å². The molecular formula is C16H9F3O2. The average Bonchev–Trinajstić information content (AvgIpc) is 2.48. The molecule has 21 heavy (non-hydrogen) atoms. The van der Waals surface area contributed by atoms with Gasteiger partial charge in [-0.05, 0) is 30.2 Å². The zero-order valence-corrected chi connectivity index (χ0v) is 10.9. The second kappa shape index (κ2) is 4.77. The molecule has 0 amide bonds. The van der Waals surface area contributed by atoms with Gasteiger partial charge in [-0.1, -0.05) is 18.2 Å². The normalized spacial score (nSPS) is 11.0. The van der Waals surface area contributed by atoms with Crippen molar-refractivity contribution < 1.29 is 17.6 Å². The van der Waals surface area contributed by atoms with Crippen LogP contribution in [0.1, 0.15) is 5.56 Å². The Balaban J connectivity index is 2.44. The fourth-order valence-electron chi connectivity index (χ4n) is 2.30. The van der Waals surface area contributed by atoms with Gasteiger partial charge in [0.15, 0.2) is 17.5 Å². The highest BCUT2D eigenvalue weighted by molar-refractivity contribution is 5.93. The number of benzene rings is 2. The highest BCUT2D eigenvalue weighted by Crippen LogP contribution is 2.32. The first-order valence-corrected chi connectivity index (χ1v) is 6.16. The first-order valence-electron chi connectivity index (χ1n) is 6.16. The van der Waals surface area contributed by atoms with Crippen molar-refractivity contribution in [2.75, 3.05) is 0 Å². The smallest absolute Gasteiger partial charge is 0.336 e. The van der Waals surface area contributed by atoms with E-state index in [-0.39, 0.29) is 11.1 Å². The summed E-state index contributed by atoms with van der Waals surface area (Å²) in [7, 11) is 0. The molecule has 0 radical (unpaired) electrons. The molecule has 3 aromatic rings. The molecule has 0 spiro atoms. The molecule has 5 heteroatoms. The molecule has 3 rings (SSSR count). The number of hydrogen-bond acceptors (Lipinski definition) is 2. The van der Waals surface area contributed by atoms with E-state index in [2.05, 4.69) is 0 Å². The van der Waals surface area contributed by atoms with Crippen LogP contribution in [0.2, 0.25) is 0 Å². The molecule has 1 aromatic heterocycles. The molecule has 2 aromatic carbocycles. The molecule has 0 saturated heterocycles. The molecule has 0 fully saturated rings. The lowest BCUT2D eigenvalue weighted by atomic mass is 9.97. The van der Waals surface area contributed by atoms with Crippen LogP contribution >= 0.6 is 0 Å². The summed E-state index contributed by atoms with van der Waals surface area (Å²) in [6.07, 6.45) is 0. The maximum atomic E-state index is 13.7. The second-order valence-electron chi connectivity index (χ2n) is 4.63. The minimum Gasteiger partial charge on any atom is -0.423 e. The fraction of sp³-hybridized carbons (Fsp3) is 0.0625. The summed E-state index contributed by atoms with van der Waals surface area (Å²) < 4.78 is 45.5. The van der Waals surface area contributed by atoms with Crippen LogP contribution in [-0.4, -0.2) is 0 Å². The van der Waals surface area contributed by atoms with E-state index in [9.17, 15) is 18.0 Å². The van der Waals surface area contributed by atoms with Crippen molar-refractivity contribution in [3.63, 3.8) is 0 Å². The lowest BCUT2D eigenvalue weighted by Gasteiger charge is -2.10. The van der Waals surface area contributed by atoms with Crippen molar-refractivity contribution in [3.8, 4) is 11.1 Å². The molecule has 0 unspecified atom stereocenters. The highest BCUT2D eigenvalue weighted by Gasteiger charge is 2.18. The van der Waals surface area contributed by atoms with E-state index in [1.54, 1.807) is 24.3 Å². The molecule has 0 aliphatic carbocycles. The van der Waals surface area contributed by atoms with Gasteiger partial charge in [0.2, 0.25) is 0 Å². The van der Waals surface area contributed by atoms with Crippen molar-refractivity contribution in [3.05, 3.63) is 69.8 Å².